The van der Waals surface area contributed by atoms with Crippen molar-refractivity contribution in [2.24, 2.45) is 0 Å². The molecule has 0 saturated heterocycles. The number of thiol groups is 2. The van der Waals surface area contributed by atoms with Gasteiger partial charge < -0.3 is 0 Å². The summed E-state index contributed by atoms with van der Waals surface area (Å²) in [7, 11) is 0. The van der Waals surface area contributed by atoms with Crippen LogP contribution in [0.1, 0.15) is 37.7 Å². The normalized spacial score (nSPS) is 16.9. The Kier molecular flexibility index (Phi) is 6.43. The minimum atomic E-state index is -4.27. The van der Waals surface area contributed by atoms with Gasteiger partial charge in [-0.1, -0.05) is 25.3 Å². The summed E-state index contributed by atoms with van der Waals surface area (Å²) in [5.74, 6) is 0. The fourth-order valence-electron chi connectivity index (χ4n) is 1.76. The van der Waals surface area contributed by atoms with Crippen LogP contribution in [-0.4, -0.2) is 5.25 Å². The third-order valence-corrected chi connectivity index (χ3v) is 3.54. The lowest BCUT2D eigenvalue weighted by Crippen LogP contribution is -2.03. The zero-order valence-electron chi connectivity index (χ0n) is 9.95. The van der Waals surface area contributed by atoms with E-state index in [4.69, 9.17) is 0 Å². The van der Waals surface area contributed by atoms with Crippen molar-refractivity contribution < 1.29 is 13.2 Å². The molecule has 0 aromatic heterocycles. The molecule has 0 radical (unpaired) electrons. The second-order valence-electron chi connectivity index (χ2n) is 4.34. The van der Waals surface area contributed by atoms with Gasteiger partial charge in [0.1, 0.15) is 0 Å². The summed E-state index contributed by atoms with van der Waals surface area (Å²) < 4.78 is 35.8. The first-order chi connectivity index (χ1) is 8.39. The predicted molar refractivity (Wildman–Crippen MR) is 74.6 cm³/mol. The van der Waals surface area contributed by atoms with Crippen molar-refractivity contribution in [3.63, 3.8) is 0 Å². The highest BCUT2D eigenvalue weighted by atomic mass is 32.1. The van der Waals surface area contributed by atoms with Gasteiger partial charge in [-0.3, -0.25) is 0 Å². The van der Waals surface area contributed by atoms with Crippen LogP contribution in [0.3, 0.4) is 0 Å². The van der Waals surface area contributed by atoms with Crippen molar-refractivity contribution in [2.75, 3.05) is 0 Å². The van der Waals surface area contributed by atoms with Gasteiger partial charge in [-0.05, 0) is 31.0 Å². The molecule has 0 amide bonds. The number of benzene rings is 1. The van der Waals surface area contributed by atoms with Crippen LogP contribution in [-0.2, 0) is 6.18 Å². The smallest absolute Gasteiger partial charge is 0.176 e. The molecule has 1 aliphatic rings. The van der Waals surface area contributed by atoms with Crippen LogP contribution in [0.5, 0.6) is 0 Å². The Morgan fingerprint density at radius 2 is 1.67 bits per heavy atom. The van der Waals surface area contributed by atoms with E-state index in [-0.39, 0.29) is 0 Å². The fourth-order valence-corrected chi connectivity index (χ4v) is 2.35. The summed E-state index contributed by atoms with van der Waals surface area (Å²) in [4.78, 5) is 0.319. The first-order valence-electron chi connectivity index (χ1n) is 5.94. The number of hydrogen-bond donors (Lipinski definition) is 2. The Morgan fingerprint density at radius 3 is 2.00 bits per heavy atom. The van der Waals surface area contributed by atoms with Crippen LogP contribution in [0.4, 0.5) is 13.2 Å². The van der Waals surface area contributed by atoms with E-state index in [9.17, 15) is 13.2 Å². The molecular weight excluding hydrogens is 277 g/mol. The molecule has 0 bridgehead atoms. The molecule has 18 heavy (non-hydrogen) atoms. The standard InChI is InChI=1S/C7H5F3S.C6H12S/c8-7(9,10)5-2-1-3-6(11)4-5;7-6-4-2-1-3-5-6/h1-4,11H;6-7H,1-5H2. The first-order valence-corrected chi connectivity index (χ1v) is 6.90. The Morgan fingerprint density at radius 1 is 1.06 bits per heavy atom. The number of rotatable bonds is 0. The van der Waals surface area contributed by atoms with Crippen LogP contribution >= 0.6 is 25.3 Å². The van der Waals surface area contributed by atoms with Gasteiger partial charge in [-0.2, -0.15) is 25.8 Å². The summed E-state index contributed by atoms with van der Waals surface area (Å²) in [5.41, 5.74) is -0.662. The first kappa shape index (κ1) is 15.8. The maximum absolute atomic E-state index is 11.9. The minimum Gasteiger partial charge on any atom is -0.176 e. The summed E-state index contributed by atoms with van der Waals surface area (Å²) in [6, 6.07) is 4.83. The third-order valence-electron chi connectivity index (χ3n) is 2.75. The van der Waals surface area contributed by atoms with Gasteiger partial charge in [0.05, 0.1) is 5.56 Å². The molecule has 1 aliphatic carbocycles. The molecule has 1 aromatic carbocycles. The predicted octanol–water partition coefficient (Wildman–Crippen LogP) is 5.24. The van der Waals surface area contributed by atoms with Crippen molar-refractivity contribution in [1.82, 2.24) is 0 Å². The maximum Gasteiger partial charge on any atom is 0.416 e. The molecule has 0 N–H and O–H groups in total. The van der Waals surface area contributed by atoms with Gasteiger partial charge >= 0.3 is 6.18 Å². The fraction of sp³-hybridized carbons (Fsp3) is 0.538. The van der Waals surface area contributed by atoms with Crippen LogP contribution in [0.15, 0.2) is 29.2 Å². The SMILES string of the molecule is FC(F)(F)c1cccc(S)c1.SC1CCCCC1. The monoisotopic (exact) mass is 294 g/mol. The Bertz CT molecular complexity index is 357. The highest BCUT2D eigenvalue weighted by molar-refractivity contribution is 7.81. The van der Waals surface area contributed by atoms with Gasteiger partial charge in [0, 0.05) is 10.1 Å². The highest BCUT2D eigenvalue weighted by Crippen LogP contribution is 2.29. The zero-order chi connectivity index (χ0) is 13.6. The van der Waals surface area contributed by atoms with Gasteiger partial charge in [0.25, 0.3) is 0 Å². The van der Waals surface area contributed by atoms with Crippen molar-refractivity contribution in [1.29, 1.82) is 0 Å². The van der Waals surface area contributed by atoms with Gasteiger partial charge in [0.2, 0.25) is 0 Å². The van der Waals surface area contributed by atoms with Crippen LogP contribution in [0.2, 0.25) is 0 Å². The van der Waals surface area contributed by atoms with E-state index in [0.29, 0.717) is 4.90 Å². The number of halogens is 3. The summed E-state index contributed by atoms with van der Waals surface area (Å²) >= 11 is 8.15. The molecule has 1 fully saturated rings. The zero-order valence-corrected chi connectivity index (χ0v) is 11.7. The molecule has 0 unspecified atom stereocenters. The lowest BCUT2D eigenvalue weighted by molar-refractivity contribution is -0.137. The van der Waals surface area contributed by atoms with Gasteiger partial charge in [0.15, 0.2) is 0 Å². The molecular formula is C13H17F3S2. The van der Waals surface area contributed by atoms with Crippen LogP contribution in [0, 0.1) is 0 Å². The average molecular weight is 294 g/mol. The van der Waals surface area contributed by atoms with E-state index in [2.05, 4.69) is 25.3 Å². The lowest BCUT2D eigenvalue weighted by atomic mass is 10.0. The Balaban J connectivity index is 0.000000199. The van der Waals surface area contributed by atoms with E-state index in [0.717, 1.165) is 17.4 Å². The molecule has 0 heterocycles. The molecule has 102 valence electrons. The summed E-state index contributed by atoms with van der Waals surface area (Å²) in [5, 5.41) is 0.730. The van der Waals surface area contributed by atoms with E-state index in [1.54, 1.807) is 0 Å². The molecule has 0 spiro atoms. The molecule has 2 rings (SSSR count). The molecule has 0 atom stereocenters. The average Bonchev–Trinajstić information content (AvgIpc) is 2.30. The van der Waals surface area contributed by atoms with E-state index >= 15 is 0 Å². The summed E-state index contributed by atoms with van der Waals surface area (Å²) in [6.07, 6.45) is 2.70. The van der Waals surface area contributed by atoms with Crippen molar-refractivity contribution in [2.45, 2.75) is 48.4 Å². The van der Waals surface area contributed by atoms with Crippen LogP contribution < -0.4 is 0 Å². The highest BCUT2D eigenvalue weighted by Gasteiger charge is 2.29. The number of hydrogen-bond acceptors (Lipinski definition) is 2. The molecule has 1 saturated carbocycles. The Labute approximate surface area is 117 Å². The van der Waals surface area contributed by atoms with Gasteiger partial charge in [-0.25, -0.2) is 0 Å². The largest absolute Gasteiger partial charge is 0.416 e. The lowest BCUT2D eigenvalue weighted by Gasteiger charge is -2.14. The minimum absolute atomic E-state index is 0.319. The van der Waals surface area contributed by atoms with Crippen molar-refractivity contribution in [3.8, 4) is 0 Å². The molecule has 5 heteroatoms. The molecule has 1 aromatic rings. The van der Waals surface area contributed by atoms with E-state index < -0.39 is 11.7 Å². The summed E-state index contributed by atoms with van der Waals surface area (Å²) in [6.45, 7) is 0. The number of alkyl halides is 3. The topological polar surface area (TPSA) is 0 Å². The van der Waals surface area contributed by atoms with Gasteiger partial charge in [-0.15, -0.1) is 12.6 Å². The maximum atomic E-state index is 11.9. The molecule has 0 aliphatic heterocycles. The molecule has 0 nitrogen and oxygen atoms in total. The van der Waals surface area contributed by atoms with Crippen molar-refractivity contribution >= 4 is 25.3 Å². The van der Waals surface area contributed by atoms with Crippen molar-refractivity contribution in [3.05, 3.63) is 29.8 Å². The second-order valence-corrected chi connectivity index (χ2v) is 5.59. The quantitative estimate of drug-likeness (QED) is 0.600. The second kappa shape index (κ2) is 7.34. The van der Waals surface area contributed by atoms with E-state index in [1.165, 1.54) is 44.2 Å². The third kappa shape index (κ3) is 6.05. The van der Waals surface area contributed by atoms with Crippen LogP contribution in [0.25, 0.3) is 0 Å². The Hall–Kier alpha value is -0.290. The van der Waals surface area contributed by atoms with E-state index in [1.807, 2.05) is 0 Å².